The van der Waals surface area contributed by atoms with Crippen molar-refractivity contribution >= 4 is 22.8 Å². The van der Waals surface area contributed by atoms with Crippen LogP contribution in [0.3, 0.4) is 0 Å². The molecule has 2 aromatic heterocycles. The molecule has 50 heavy (non-hydrogen) atoms. The summed E-state index contributed by atoms with van der Waals surface area (Å²) < 4.78 is 19.7. The topological polar surface area (TPSA) is 175 Å². The zero-order valence-corrected chi connectivity index (χ0v) is 27.2. The Balaban J connectivity index is 1.52. The minimum atomic E-state index is -2.37. The molecule has 5 atom stereocenters. The Morgan fingerprint density at radius 1 is 0.840 bits per heavy atom. The monoisotopic (exact) mass is 673 g/mol. The van der Waals surface area contributed by atoms with Gasteiger partial charge in [0, 0.05) is 16.7 Å². The first kappa shape index (κ1) is 32.9. The number of Topliss-reactive ketones (excluding diaryl/α,β-unsaturated/α-hetero) is 1. The van der Waals surface area contributed by atoms with Gasteiger partial charge in [-0.2, -0.15) is 0 Å². The number of nitrogens with two attached hydrogens (primary N) is 1. The lowest BCUT2D eigenvalue weighted by Gasteiger charge is -2.43. The average Bonchev–Trinajstić information content (AvgIpc) is 3.72. The number of anilines is 1. The second kappa shape index (κ2) is 13.0. The summed E-state index contributed by atoms with van der Waals surface area (Å²) in [6.07, 6.45) is -4.64. The molecular formula is C38H35N5O7. The summed E-state index contributed by atoms with van der Waals surface area (Å²) in [6.45, 7) is 0. The van der Waals surface area contributed by atoms with Gasteiger partial charge in [-0.15, -0.1) is 0 Å². The van der Waals surface area contributed by atoms with Crippen LogP contribution in [0.4, 0.5) is 5.82 Å². The summed E-state index contributed by atoms with van der Waals surface area (Å²) >= 11 is 0. The van der Waals surface area contributed by atoms with E-state index in [1.807, 2.05) is 54.6 Å². The van der Waals surface area contributed by atoms with Crippen LogP contribution in [0.25, 0.3) is 11.2 Å². The first-order valence-corrected chi connectivity index (χ1v) is 15.9. The molecule has 12 nitrogen and oxygen atoms in total. The van der Waals surface area contributed by atoms with Gasteiger partial charge in [-0.1, -0.05) is 97.1 Å². The van der Waals surface area contributed by atoms with Crippen LogP contribution >= 0.6 is 0 Å². The van der Waals surface area contributed by atoms with Crippen molar-refractivity contribution in [1.82, 2.24) is 19.5 Å². The molecule has 1 saturated heterocycles. The van der Waals surface area contributed by atoms with E-state index >= 15 is 0 Å². The minimum Gasteiger partial charge on any atom is -0.496 e. The number of aromatic nitrogens is 4. The fraction of sp³-hybridized carbons (Fsp3) is 0.211. The number of carbonyl (C=O) groups excluding carboxylic acids is 1. The van der Waals surface area contributed by atoms with Gasteiger partial charge in [0.05, 0.1) is 19.6 Å². The zero-order chi connectivity index (χ0) is 35.0. The van der Waals surface area contributed by atoms with E-state index in [1.54, 1.807) is 54.6 Å². The highest BCUT2D eigenvalue weighted by molar-refractivity contribution is 6.02. The molecule has 0 aliphatic carbocycles. The number of aliphatic hydroxyl groups excluding tert-OH is 3. The number of hydrogen-bond acceptors (Lipinski definition) is 11. The molecule has 1 aliphatic rings. The third-order valence-corrected chi connectivity index (χ3v) is 9.51. The van der Waals surface area contributed by atoms with Crippen LogP contribution in [0.5, 0.6) is 11.5 Å². The Morgan fingerprint density at radius 2 is 1.40 bits per heavy atom. The van der Waals surface area contributed by atoms with Gasteiger partial charge < -0.3 is 35.3 Å². The molecule has 0 bridgehead atoms. The number of carbonyl (C=O) groups is 1. The molecule has 6 aromatic rings. The van der Waals surface area contributed by atoms with Gasteiger partial charge in [-0.25, -0.2) is 15.0 Å². The molecule has 1 fully saturated rings. The normalized spacial score (nSPS) is 21.2. The molecule has 0 spiro atoms. The molecule has 3 heterocycles. The third kappa shape index (κ3) is 4.83. The fourth-order valence-electron chi connectivity index (χ4n) is 7.23. The van der Waals surface area contributed by atoms with Gasteiger partial charge in [-0.05, 0) is 17.7 Å². The quantitative estimate of drug-likeness (QED) is 0.124. The summed E-state index contributed by atoms with van der Waals surface area (Å²) in [5, 5.41) is 37.4. The maximum absolute atomic E-state index is 14.7. The molecule has 1 aliphatic heterocycles. The molecule has 4 aromatic carbocycles. The number of rotatable bonds is 10. The number of ether oxygens (including phenoxy) is 3. The number of methoxy groups -OCH3 is 2. The summed E-state index contributed by atoms with van der Waals surface area (Å²) in [5.74, 6) is 0.175. The number of aliphatic hydroxyl groups is 3. The predicted molar refractivity (Wildman–Crippen MR) is 184 cm³/mol. The van der Waals surface area contributed by atoms with Crippen LogP contribution in [-0.4, -0.2) is 79.3 Å². The van der Waals surface area contributed by atoms with E-state index in [4.69, 9.17) is 19.9 Å². The number of para-hydroxylation sites is 2. The number of benzene rings is 4. The lowest BCUT2D eigenvalue weighted by atomic mass is 9.63. The molecule has 0 amide bonds. The van der Waals surface area contributed by atoms with Gasteiger partial charge in [0.2, 0.25) is 11.5 Å². The van der Waals surface area contributed by atoms with E-state index in [0.29, 0.717) is 28.2 Å². The SMILES string of the molecule is COc1ccccc1C(c1ccccc1)(c1ccccc1OC)C(O)[C@H]1O[C@@](C(=O)c2ccccc2)(n2cnc3c(N)ncnc32)[C@H](O)C1O. The number of nitrogens with zero attached hydrogens (tertiary/aromatic N) is 4. The number of hydrogen-bond donors (Lipinski definition) is 4. The van der Waals surface area contributed by atoms with Crippen molar-refractivity contribution in [3.63, 3.8) is 0 Å². The number of fused-ring (bicyclic) bond motifs is 1. The Labute approximate surface area is 287 Å². The smallest absolute Gasteiger partial charge is 0.241 e. The second-order valence-corrected chi connectivity index (χ2v) is 12.0. The Kier molecular flexibility index (Phi) is 8.54. The van der Waals surface area contributed by atoms with Crippen molar-refractivity contribution in [2.75, 3.05) is 20.0 Å². The third-order valence-electron chi connectivity index (χ3n) is 9.51. The summed E-state index contributed by atoms with van der Waals surface area (Å²) in [7, 11) is 3.05. The van der Waals surface area contributed by atoms with Crippen LogP contribution in [0.1, 0.15) is 27.0 Å². The fourth-order valence-corrected chi connectivity index (χ4v) is 7.23. The minimum absolute atomic E-state index is 0.0381. The van der Waals surface area contributed by atoms with Crippen LogP contribution in [0.15, 0.2) is 122 Å². The molecule has 0 radical (unpaired) electrons. The highest BCUT2D eigenvalue weighted by atomic mass is 16.6. The first-order chi connectivity index (χ1) is 24.3. The van der Waals surface area contributed by atoms with Gasteiger partial charge in [0.15, 0.2) is 11.5 Å². The summed E-state index contributed by atoms with van der Waals surface area (Å²) in [5.41, 5.74) is 4.17. The van der Waals surface area contributed by atoms with Gasteiger partial charge in [0.1, 0.15) is 54.1 Å². The zero-order valence-electron chi connectivity index (χ0n) is 27.2. The summed E-state index contributed by atoms with van der Waals surface area (Å²) in [6, 6.07) is 31.8. The van der Waals surface area contributed by atoms with E-state index in [2.05, 4.69) is 15.0 Å². The van der Waals surface area contributed by atoms with Crippen molar-refractivity contribution < 1.29 is 34.3 Å². The second-order valence-electron chi connectivity index (χ2n) is 12.0. The molecule has 0 saturated carbocycles. The standard InChI is InChI=1S/C38H35N5O7/c1-48-27-19-11-9-17-25(27)37(24-15-7-4-8-16-24,26-18-10-12-20-28(26)49-2)34(47)31-30(44)33(46)38(50-31,32(45)23-13-5-3-6-14-23)43-22-42-29-35(39)40-21-41-36(29)43/h3-22,30-31,33-34,44,46-47H,1-2H3,(H2,39,40,41)/t30?,31-,33+,34?,38+/m0/s1. The highest BCUT2D eigenvalue weighted by Gasteiger charge is 2.65. The van der Waals surface area contributed by atoms with Crippen molar-refractivity contribution in [2.45, 2.75) is 35.6 Å². The van der Waals surface area contributed by atoms with E-state index in [-0.39, 0.29) is 22.5 Å². The molecule has 2 unspecified atom stereocenters. The summed E-state index contributed by atoms with van der Waals surface area (Å²) in [4.78, 5) is 27.4. The van der Waals surface area contributed by atoms with Crippen LogP contribution in [0.2, 0.25) is 0 Å². The number of ketones is 1. The van der Waals surface area contributed by atoms with Crippen LogP contribution < -0.4 is 15.2 Å². The van der Waals surface area contributed by atoms with Crippen molar-refractivity contribution in [3.8, 4) is 11.5 Å². The number of nitrogen functional groups attached to an aromatic ring is 1. The molecule has 254 valence electrons. The Morgan fingerprint density at radius 3 is 2.00 bits per heavy atom. The van der Waals surface area contributed by atoms with Gasteiger partial charge >= 0.3 is 0 Å². The van der Waals surface area contributed by atoms with Gasteiger partial charge in [-0.3, -0.25) is 9.36 Å². The molecular weight excluding hydrogens is 638 g/mol. The highest BCUT2D eigenvalue weighted by Crippen LogP contribution is 2.53. The number of imidazole rings is 1. The van der Waals surface area contributed by atoms with Gasteiger partial charge in [0.25, 0.3) is 0 Å². The maximum Gasteiger partial charge on any atom is 0.241 e. The lowest BCUT2D eigenvalue weighted by molar-refractivity contribution is -0.137. The van der Waals surface area contributed by atoms with Crippen molar-refractivity contribution in [2.24, 2.45) is 0 Å². The van der Waals surface area contributed by atoms with E-state index in [9.17, 15) is 20.1 Å². The average molecular weight is 674 g/mol. The Hall–Kier alpha value is -5.66. The Bertz CT molecular complexity index is 2100. The lowest BCUT2D eigenvalue weighted by Crippen LogP contribution is -2.52. The van der Waals surface area contributed by atoms with Crippen molar-refractivity contribution in [1.29, 1.82) is 0 Å². The van der Waals surface area contributed by atoms with E-state index < -0.39 is 41.3 Å². The molecule has 7 rings (SSSR count). The van der Waals surface area contributed by atoms with Crippen molar-refractivity contribution in [3.05, 3.63) is 144 Å². The molecule has 5 N–H and O–H groups in total. The van der Waals surface area contributed by atoms with Crippen LogP contribution in [-0.2, 0) is 15.9 Å². The first-order valence-electron chi connectivity index (χ1n) is 15.9. The largest absolute Gasteiger partial charge is 0.496 e. The maximum atomic E-state index is 14.7. The molecule has 12 heteroatoms. The van der Waals surface area contributed by atoms with Crippen LogP contribution in [0, 0.1) is 0 Å². The van der Waals surface area contributed by atoms with E-state index in [1.165, 1.54) is 31.4 Å². The predicted octanol–water partition coefficient (Wildman–Crippen LogP) is 3.48. The van der Waals surface area contributed by atoms with E-state index in [0.717, 1.165) is 0 Å².